The largest absolute Gasteiger partial charge is 0.281 e. The summed E-state index contributed by atoms with van der Waals surface area (Å²) in [6, 6.07) is 0. The average Bonchev–Trinajstić information content (AvgIpc) is 1.90. The van der Waals surface area contributed by atoms with Gasteiger partial charge in [0.05, 0.1) is 12.4 Å². The molecule has 1 aromatic heterocycles. The normalized spacial score (nSPS) is 10.1. The molecule has 0 aromatic carbocycles. The summed E-state index contributed by atoms with van der Waals surface area (Å²) in [6.07, 6.45) is 1.86. The highest BCUT2D eigenvalue weighted by Crippen LogP contribution is 2.12. The van der Waals surface area contributed by atoms with E-state index in [1.165, 1.54) is 0 Å². The lowest BCUT2D eigenvalue weighted by atomic mass is 10.5. The van der Waals surface area contributed by atoms with Crippen molar-refractivity contribution >= 4 is 0 Å². The van der Waals surface area contributed by atoms with E-state index >= 15 is 0 Å². The van der Waals surface area contributed by atoms with Crippen molar-refractivity contribution in [3.05, 3.63) is 24.3 Å². The van der Waals surface area contributed by atoms with Crippen LogP contribution in [0, 0.1) is 6.20 Å². The van der Waals surface area contributed by atoms with Gasteiger partial charge in [0.2, 0.25) is 0 Å². The SMILES string of the molecule is FC(F)c1cn[c]cn1. The zero-order valence-electron chi connectivity index (χ0n) is 4.38. The van der Waals surface area contributed by atoms with Crippen molar-refractivity contribution in [1.82, 2.24) is 9.97 Å². The van der Waals surface area contributed by atoms with Crippen LogP contribution in [0.25, 0.3) is 0 Å². The van der Waals surface area contributed by atoms with Gasteiger partial charge < -0.3 is 0 Å². The fourth-order valence-electron chi connectivity index (χ4n) is 0.386. The van der Waals surface area contributed by atoms with Gasteiger partial charge in [0, 0.05) is 0 Å². The maximum absolute atomic E-state index is 11.7. The molecule has 9 heavy (non-hydrogen) atoms. The van der Waals surface area contributed by atoms with Gasteiger partial charge in [-0.2, -0.15) is 0 Å². The van der Waals surface area contributed by atoms with Gasteiger partial charge in [-0.15, -0.1) is 0 Å². The van der Waals surface area contributed by atoms with Gasteiger partial charge >= 0.3 is 0 Å². The number of alkyl halides is 2. The second-order valence-corrected chi connectivity index (χ2v) is 1.37. The maximum atomic E-state index is 11.7. The molecular formula is C5H3F2N2. The van der Waals surface area contributed by atoms with Crippen molar-refractivity contribution in [2.24, 2.45) is 0 Å². The fraction of sp³-hybridized carbons (Fsp3) is 0.200. The quantitative estimate of drug-likeness (QED) is 0.569. The summed E-state index contributed by atoms with van der Waals surface area (Å²) in [5.74, 6) is 0. The van der Waals surface area contributed by atoms with E-state index in [-0.39, 0.29) is 5.69 Å². The van der Waals surface area contributed by atoms with E-state index in [0.29, 0.717) is 0 Å². The molecule has 0 amide bonds. The van der Waals surface area contributed by atoms with Crippen LogP contribution in [-0.2, 0) is 0 Å². The van der Waals surface area contributed by atoms with E-state index < -0.39 is 6.43 Å². The third kappa shape index (κ3) is 1.42. The molecule has 0 bridgehead atoms. The van der Waals surface area contributed by atoms with E-state index in [1.807, 2.05) is 0 Å². The fourth-order valence-corrected chi connectivity index (χ4v) is 0.386. The summed E-state index contributed by atoms with van der Waals surface area (Å²) in [5.41, 5.74) is -0.311. The van der Waals surface area contributed by atoms with Crippen LogP contribution < -0.4 is 0 Å². The molecule has 0 aliphatic rings. The molecule has 1 rings (SSSR count). The summed E-state index contributed by atoms with van der Waals surface area (Å²) in [5, 5.41) is 0. The molecule has 2 nitrogen and oxygen atoms in total. The Hall–Kier alpha value is -1.06. The highest BCUT2D eigenvalue weighted by atomic mass is 19.3. The first-order chi connectivity index (χ1) is 4.30. The molecule has 0 fully saturated rings. The molecule has 1 aromatic rings. The Morgan fingerprint density at radius 2 is 2.33 bits per heavy atom. The Morgan fingerprint density at radius 1 is 1.56 bits per heavy atom. The first-order valence-electron chi connectivity index (χ1n) is 2.27. The number of hydrogen-bond donors (Lipinski definition) is 0. The van der Waals surface area contributed by atoms with Crippen LogP contribution in [0.15, 0.2) is 12.4 Å². The molecule has 0 aliphatic heterocycles. The smallest absolute Gasteiger partial charge is 0.251 e. The average molecular weight is 129 g/mol. The zero-order valence-corrected chi connectivity index (χ0v) is 4.38. The maximum Gasteiger partial charge on any atom is 0.281 e. The minimum Gasteiger partial charge on any atom is -0.251 e. The van der Waals surface area contributed by atoms with Gasteiger partial charge in [-0.25, -0.2) is 8.78 Å². The van der Waals surface area contributed by atoms with E-state index in [0.717, 1.165) is 12.4 Å². The van der Waals surface area contributed by atoms with Gasteiger partial charge in [-0.1, -0.05) is 0 Å². The molecule has 0 spiro atoms. The van der Waals surface area contributed by atoms with Gasteiger partial charge in [-0.05, 0) is 0 Å². The highest BCUT2D eigenvalue weighted by Gasteiger charge is 2.05. The van der Waals surface area contributed by atoms with Crippen LogP contribution in [0.2, 0.25) is 0 Å². The number of halogens is 2. The number of rotatable bonds is 1. The molecular weight excluding hydrogens is 126 g/mol. The van der Waals surface area contributed by atoms with Crippen molar-refractivity contribution in [1.29, 1.82) is 0 Å². The third-order valence-corrected chi connectivity index (χ3v) is 0.766. The third-order valence-electron chi connectivity index (χ3n) is 0.766. The molecule has 0 N–H and O–H groups in total. The second-order valence-electron chi connectivity index (χ2n) is 1.37. The Balaban J connectivity index is 2.85. The van der Waals surface area contributed by atoms with Crippen LogP contribution in [0.1, 0.15) is 12.1 Å². The van der Waals surface area contributed by atoms with Crippen LogP contribution in [0.5, 0.6) is 0 Å². The Morgan fingerprint density at radius 3 is 2.67 bits per heavy atom. The molecule has 4 heteroatoms. The van der Waals surface area contributed by atoms with E-state index in [1.54, 1.807) is 0 Å². The van der Waals surface area contributed by atoms with Gasteiger partial charge in [0.1, 0.15) is 11.9 Å². The summed E-state index contributed by atoms with van der Waals surface area (Å²) in [7, 11) is 0. The topological polar surface area (TPSA) is 25.8 Å². The van der Waals surface area contributed by atoms with Crippen LogP contribution >= 0.6 is 0 Å². The van der Waals surface area contributed by atoms with Gasteiger partial charge in [-0.3, -0.25) is 9.97 Å². The lowest BCUT2D eigenvalue weighted by molar-refractivity contribution is 0.145. The molecule has 1 radical (unpaired) electrons. The molecule has 0 aliphatic carbocycles. The molecule has 0 atom stereocenters. The lowest BCUT2D eigenvalue weighted by Gasteiger charge is -1.92. The summed E-state index contributed by atoms with van der Waals surface area (Å²) < 4.78 is 23.3. The molecule has 0 unspecified atom stereocenters. The second kappa shape index (κ2) is 2.48. The number of nitrogens with zero attached hydrogens (tertiary/aromatic N) is 2. The van der Waals surface area contributed by atoms with E-state index in [4.69, 9.17) is 0 Å². The van der Waals surface area contributed by atoms with Crippen molar-refractivity contribution in [3.8, 4) is 0 Å². The van der Waals surface area contributed by atoms with Gasteiger partial charge in [0.15, 0.2) is 0 Å². The van der Waals surface area contributed by atoms with Crippen molar-refractivity contribution in [2.45, 2.75) is 6.43 Å². The minimum absolute atomic E-state index is 0.311. The first kappa shape index (κ1) is 6.07. The minimum atomic E-state index is -2.54. The molecule has 1 heterocycles. The highest BCUT2D eigenvalue weighted by molar-refractivity contribution is 4.94. The summed E-state index contributed by atoms with van der Waals surface area (Å²) in [4.78, 5) is 6.65. The first-order valence-corrected chi connectivity index (χ1v) is 2.27. The molecule has 0 saturated carbocycles. The van der Waals surface area contributed by atoms with Crippen LogP contribution in [0.3, 0.4) is 0 Å². The van der Waals surface area contributed by atoms with Crippen LogP contribution in [0.4, 0.5) is 8.78 Å². The standard InChI is InChI=1S/C5H3F2N2/c6-5(7)4-3-8-1-2-9-4/h2-3,5H. The predicted octanol–water partition coefficient (Wildman–Crippen LogP) is 1.21. The van der Waals surface area contributed by atoms with E-state index in [9.17, 15) is 8.78 Å². The zero-order chi connectivity index (χ0) is 6.69. The summed E-state index contributed by atoms with van der Waals surface area (Å²) >= 11 is 0. The van der Waals surface area contributed by atoms with Gasteiger partial charge in [0.25, 0.3) is 6.43 Å². The summed E-state index contributed by atoms with van der Waals surface area (Å²) in [6.45, 7) is 0. The van der Waals surface area contributed by atoms with Crippen molar-refractivity contribution in [3.63, 3.8) is 0 Å². The molecule has 47 valence electrons. The molecule has 0 saturated heterocycles. The monoisotopic (exact) mass is 129 g/mol. The Kier molecular flexibility index (Phi) is 1.67. The Labute approximate surface area is 50.6 Å². The van der Waals surface area contributed by atoms with Crippen molar-refractivity contribution in [2.75, 3.05) is 0 Å². The number of aromatic nitrogens is 2. The van der Waals surface area contributed by atoms with Crippen LogP contribution in [-0.4, -0.2) is 9.97 Å². The lowest BCUT2D eigenvalue weighted by Crippen LogP contribution is -1.88. The number of hydrogen-bond acceptors (Lipinski definition) is 2. The van der Waals surface area contributed by atoms with E-state index in [2.05, 4.69) is 16.2 Å². The Bertz CT molecular complexity index is 176. The van der Waals surface area contributed by atoms with Crippen molar-refractivity contribution < 1.29 is 8.78 Å². The predicted molar refractivity (Wildman–Crippen MR) is 25.8 cm³/mol.